The predicted octanol–water partition coefficient (Wildman–Crippen LogP) is 1.83. The first-order valence-electron chi connectivity index (χ1n) is 10.2. The third-order valence-electron chi connectivity index (χ3n) is 5.65. The van der Waals surface area contributed by atoms with E-state index in [0.29, 0.717) is 41.3 Å². The summed E-state index contributed by atoms with van der Waals surface area (Å²) in [6.45, 7) is 3.83. The summed E-state index contributed by atoms with van der Waals surface area (Å²) in [7, 11) is 0. The number of amides is 1. The number of hydrogen-bond donors (Lipinski definition) is 4. The number of carbonyl (C=O) groups excluding carboxylic acids is 1. The molecular formula is C20H25N7O2. The molecular weight excluding hydrogens is 370 g/mol. The largest absolute Gasteiger partial charge is 0.393 e. The highest BCUT2D eigenvalue weighted by Crippen LogP contribution is 2.28. The monoisotopic (exact) mass is 395 g/mol. The van der Waals surface area contributed by atoms with Gasteiger partial charge in [0.2, 0.25) is 11.9 Å². The maximum Gasteiger partial charge on any atom is 0.251 e. The van der Waals surface area contributed by atoms with Crippen molar-refractivity contribution < 1.29 is 9.90 Å². The molecule has 3 aliphatic rings. The highest BCUT2D eigenvalue weighted by molar-refractivity contribution is 6.02. The third-order valence-corrected chi connectivity index (χ3v) is 5.65. The second kappa shape index (κ2) is 7.14. The van der Waals surface area contributed by atoms with Gasteiger partial charge in [0, 0.05) is 35.3 Å². The Kier molecular flexibility index (Phi) is 4.46. The van der Waals surface area contributed by atoms with E-state index >= 15 is 0 Å². The number of nitrogens with one attached hydrogen (secondary N) is 3. The Hall–Kier alpha value is -2.94. The van der Waals surface area contributed by atoms with Crippen LogP contribution in [0.25, 0.3) is 11.7 Å². The van der Waals surface area contributed by atoms with E-state index in [4.69, 9.17) is 4.98 Å². The fraction of sp³-hybridized carbons (Fsp3) is 0.500. The van der Waals surface area contributed by atoms with Crippen LogP contribution in [0, 0.1) is 0 Å². The molecule has 0 bridgehead atoms. The van der Waals surface area contributed by atoms with Crippen LogP contribution < -0.4 is 16.0 Å². The van der Waals surface area contributed by atoms with Gasteiger partial charge in [-0.1, -0.05) is 6.58 Å². The molecule has 9 heteroatoms. The molecule has 1 aliphatic heterocycles. The maximum absolute atomic E-state index is 12.1. The van der Waals surface area contributed by atoms with Gasteiger partial charge in [0.25, 0.3) is 5.91 Å². The lowest BCUT2D eigenvalue weighted by Crippen LogP contribution is -2.29. The smallest absolute Gasteiger partial charge is 0.251 e. The summed E-state index contributed by atoms with van der Waals surface area (Å²) in [4.78, 5) is 21.4. The van der Waals surface area contributed by atoms with Gasteiger partial charge >= 0.3 is 0 Å². The van der Waals surface area contributed by atoms with Crippen molar-refractivity contribution >= 4 is 29.5 Å². The molecule has 152 valence electrons. The zero-order valence-electron chi connectivity index (χ0n) is 16.2. The number of rotatable bonds is 5. The van der Waals surface area contributed by atoms with E-state index in [2.05, 4.69) is 32.6 Å². The number of anilines is 2. The lowest BCUT2D eigenvalue weighted by atomic mass is 9.93. The minimum absolute atomic E-state index is 0.126. The van der Waals surface area contributed by atoms with Crippen LogP contribution in [0.15, 0.2) is 24.0 Å². The number of nitrogens with zero attached hydrogens (tertiary/aromatic N) is 4. The fourth-order valence-electron chi connectivity index (χ4n) is 3.87. The lowest BCUT2D eigenvalue weighted by Gasteiger charge is -2.26. The first-order chi connectivity index (χ1) is 14.0. The van der Waals surface area contributed by atoms with Gasteiger partial charge in [-0.3, -0.25) is 4.79 Å². The van der Waals surface area contributed by atoms with Gasteiger partial charge < -0.3 is 21.1 Å². The summed E-state index contributed by atoms with van der Waals surface area (Å²) in [6, 6.07) is 0.656. The van der Waals surface area contributed by atoms with Crippen LogP contribution in [0.1, 0.15) is 50.5 Å². The molecule has 4 N–H and O–H groups in total. The number of fused-ring (bicyclic) bond motifs is 1. The van der Waals surface area contributed by atoms with Gasteiger partial charge in [-0.25, -0.2) is 0 Å². The van der Waals surface area contributed by atoms with Crippen LogP contribution in [0.5, 0.6) is 0 Å². The van der Waals surface area contributed by atoms with Gasteiger partial charge in [0.05, 0.1) is 12.3 Å². The van der Waals surface area contributed by atoms with Crippen molar-refractivity contribution in [1.82, 2.24) is 24.9 Å². The van der Waals surface area contributed by atoms with E-state index < -0.39 is 0 Å². The van der Waals surface area contributed by atoms with Crippen molar-refractivity contribution in [3.8, 4) is 0 Å². The quantitative estimate of drug-likeness (QED) is 0.571. The van der Waals surface area contributed by atoms with Gasteiger partial charge in [0.1, 0.15) is 0 Å². The topological polar surface area (TPSA) is 116 Å². The summed E-state index contributed by atoms with van der Waals surface area (Å²) < 4.78 is 1.70. The van der Waals surface area contributed by atoms with E-state index in [1.165, 1.54) is 0 Å². The van der Waals surface area contributed by atoms with Crippen LogP contribution in [-0.2, 0) is 4.79 Å². The fourth-order valence-corrected chi connectivity index (χ4v) is 3.87. The van der Waals surface area contributed by atoms with E-state index in [1.54, 1.807) is 10.7 Å². The van der Waals surface area contributed by atoms with E-state index in [0.717, 1.165) is 44.1 Å². The molecule has 2 aromatic rings. The molecule has 5 rings (SSSR count). The Labute approximate surface area is 168 Å². The molecule has 0 radical (unpaired) electrons. The van der Waals surface area contributed by atoms with Crippen molar-refractivity contribution in [1.29, 1.82) is 0 Å². The molecule has 0 spiro atoms. The lowest BCUT2D eigenvalue weighted by molar-refractivity contribution is -0.115. The standard InChI is InChI=1S/C20H25N7O2/c1-11-8-12(18(29)22-11)9-13-10-21-27-17(13)25-19(26-20(27)24-15-2-3-15)23-14-4-6-16(28)7-5-14/h9-10,14-16,28H,1-8H2,(H,22,29)(H2,23,24,25,26)/b12-9+/t14-,16-. The van der Waals surface area contributed by atoms with E-state index in [1.807, 2.05) is 6.08 Å². The Morgan fingerprint density at radius 3 is 2.55 bits per heavy atom. The average Bonchev–Trinajstić information content (AvgIpc) is 3.33. The average molecular weight is 395 g/mol. The summed E-state index contributed by atoms with van der Waals surface area (Å²) >= 11 is 0. The number of aliphatic hydroxyl groups is 1. The molecule has 2 saturated carbocycles. The number of aromatic nitrogens is 4. The molecule has 0 aromatic carbocycles. The normalized spacial score (nSPS) is 26.2. The van der Waals surface area contributed by atoms with Crippen LogP contribution in [0.4, 0.5) is 11.9 Å². The van der Waals surface area contributed by atoms with Gasteiger partial charge in [-0.05, 0) is 44.6 Å². The molecule has 0 atom stereocenters. The van der Waals surface area contributed by atoms with Gasteiger partial charge in [-0.15, -0.1) is 0 Å². The SMILES string of the molecule is C=C1C/C(=C\c2cnn3c(NC4CC4)nc(N[C@H]4CC[C@H](O)CC4)nc23)C(=O)N1. The molecule has 3 heterocycles. The minimum Gasteiger partial charge on any atom is -0.393 e. The van der Waals surface area contributed by atoms with E-state index in [9.17, 15) is 9.90 Å². The molecule has 2 aliphatic carbocycles. The number of aliphatic hydroxyl groups excluding tert-OH is 1. The molecule has 29 heavy (non-hydrogen) atoms. The van der Waals surface area contributed by atoms with Gasteiger partial charge in [0.15, 0.2) is 5.65 Å². The number of hydrogen-bond acceptors (Lipinski definition) is 7. The van der Waals surface area contributed by atoms with Crippen LogP contribution in [0.3, 0.4) is 0 Å². The minimum atomic E-state index is -0.205. The van der Waals surface area contributed by atoms with Crippen molar-refractivity contribution in [2.75, 3.05) is 10.6 Å². The second-order valence-electron chi connectivity index (χ2n) is 8.18. The first kappa shape index (κ1) is 18.1. The van der Waals surface area contributed by atoms with Crippen LogP contribution >= 0.6 is 0 Å². The van der Waals surface area contributed by atoms with Crippen molar-refractivity contribution in [3.63, 3.8) is 0 Å². The zero-order chi connectivity index (χ0) is 20.0. The summed E-state index contributed by atoms with van der Waals surface area (Å²) in [5.41, 5.74) is 2.77. The summed E-state index contributed by atoms with van der Waals surface area (Å²) in [6.07, 6.45) is 9.43. The highest BCUT2D eigenvalue weighted by Gasteiger charge is 2.26. The molecule has 2 aromatic heterocycles. The Morgan fingerprint density at radius 1 is 1.14 bits per heavy atom. The molecule has 3 fully saturated rings. The Morgan fingerprint density at radius 2 is 1.86 bits per heavy atom. The van der Waals surface area contributed by atoms with E-state index in [-0.39, 0.29) is 18.1 Å². The van der Waals surface area contributed by atoms with Gasteiger partial charge in [-0.2, -0.15) is 19.6 Å². The summed E-state index contributed by atoms with van der Waals surface area (Å²) in [5, 5.41) is 23.8. The molecule has 9 nitrogen and oxygen atoms in total. The highest BCUT2D eigenvalue weighted by atomic mass is 16.3. The molecule has 1 saturated heterocycles. The third kappa shape index (κ3) is 3.82. The molecule has 0 unspecified atom stereocenters. The molecule has 1 amide bonds. The first-order valence-corrected chi connectivity index (χ1v) is 10.2. The predicted molar refractivity (Wildman–Crippen MR) is 109 cm³/mol. The van der Waals surface area contributed by atoms with Crippen molar-refractivity contribution in [2.45, 2.75) is 63.1 Å². The number of carbonyl (C=O) groups is 1. The van der Waals surface area contributed by atoms with Crippen molar-refractivity contribution in [3.05, 3.63) is 29.6 Å². The summed E-state index contributed by atoms with van der Waals surface area (Å²) in [5.74, 6) is 1.07. The maximum atomic E-state index is 12.1. The van der Waals surface area contributed by atoms with Crippen LogP contribution in [-0.4, -0.2) is 48.8 Å². The Balaban J connectivity index is 1.49. The Bertz CT molecular complexity index is 1000. The zero-order valence-corrected chi connectivity index (χ0v) is 16.2. The number of allylic oxidation sites excluding steroid dienone is 1. The van der Waals surface area contributed by atoms with Crippen LogP contribution in [0.2, 0.25) is 0 Å². The second-order valence-corrected chi connectivity index (χ2v) is 8.18. The van der Waals surface area contributed by atoms with Crippen molar-refractivity contribution in [2.24, 2.45) is 0 Å².